The van der Waals surface area contributed by atoms with E-state index in [1.165, 1.54) is 56.9 Å². The minimum atomic E-state index is -0.302. The molecule has 0 aromatic heterocycles. The van der Waals surface area contributed by atoms with Gasteiger partial charge in [0.15, 0.2) is 5.79 Å². The standard InChI is InChI=1S/C23H38O2/c1-20(2)12-11-14-21(3)13-7-5-4-6-8-15-22-16-9-10-17-23(22)24-18-19-25-23/h4,6,8,12,15,21-22H,5,7,9-11,13-14,16-19H2,1-3H3/b6-4+,15-8+. The first kappa shape index (κ1) is 20.5. The second-order valence-electron chi connectivity index (χ2n) is 8.07. The van der Waals surface area contributed by atoms with Crippen LogP contribution in [0.4, 0.5) is 0 Å². The monoisotopic (exact) mass is 346 g/mol. The maximum atomic E-state index is 5.96. The average molecular weight is 347 g/mol. The topological polar surface area (TPSA) is 18.5 Å². The third kappa shape index (κ3) is 7.11. The molecule has 1 aliphatic carbocycles. The molecule has 0 bridgehead atoms. The maximum Gasteiger partial charge on any atom is 0.174 e. The minimum absolute atomic E-state index is 0.302. The molecular weight excluding hydrogens is 308 g/mol. The van der Waals surface area contributed by atoms with Crippen molar-refractivity contribution in [2.24, 2.45) is 11.8 Å². The molecule has 0 aromatic rings. The molecule has 2 atom stereocenters. The fourth-order valence-electron chi connectivity index (χ4n) is 3.97. The van der Waals surface area contributed by atoms with Gasteiger partial charge in [-0.2, -0.15) is 0 Å². The lowest BCUT2D eigenvalue weighted by Crippen LogP contribution is -2.40. The summed E-state index contributed by atoms with van der Waals surface area (Å²) in [6.45, 7) is 8.26. The molecule has 0 N–H and O–H groups in total. The Balaban J connectivity index is 1.62. The van der Waals surface area contributed by atoms with E-state index < -0.39 is 0 Å². The van der Waals surface area contributed by atoms with Crippen molar-refractivity contribution in [3.05, 3.63) is 36.0 Å². The fourth-order valence-corrected chi connectivity index (χ4v) is 3.97. The number of hydrogen-bond donors (Lipinski definition) is 0. The highest BCUT2D eigenvalue weighted by Crippen LogP contribution is 2.41. The third-order valence-electron chi connectivity index (χ3n) is 5.50. The van der Waals surface area contributed by atoms with Crippen LogP contribution in [0.5, 0.6) is 0 Å². The molecule has 1 spiro atoms. The van der Waals surface area contributed by atoms with Crippen molar-refractivity contribution in [1.82, 2.24) is 0 Å². The lowest BCUT2D eigenvalue weighted by atomic mass is 9.83. The Hall–Kier alpha value is -0.860. The molecule has 1 aliphatic heterocycles. The van der Waals surface area contributed by atoms with Gasteiger partial charge in [0.2, 0.25) is 0 Å². The molecular formula is C23H38O2. The Morgan fingerprint density at radius 1 is 1.08 bits per heavy atom. The summed E-state index contributed by atoms with van der Waals surface area (Å²) in [5.74, 6) is 0.949. The van der Waals surface area contributed by atoms with Gasteiger partial charge in [-0.25, -0.2) is 0 Å². The zero-order valence-corrected chi connectivity index (χ0v) is 16.6. The zero-order chi connectivity index (χ0) is 18.0. The van der Waals surface area contributed by atoms with Crippen molar-refractivity contribution in [2.45, 2.75) is 84.3 Å². The number of hydrogen-bond acceptors (Lipinski definition) is 2. The number of allylic oxidation sites excluding steroid dienone is 5. The highest BCUT2D eigenvalue weighted by Gasteiger charge is 2.44. The first-order valence-electron chi connectivity index (χ1n) is 10.4. The molecule has 1 saturated heterocycles. The van der Waals surface area contributed by atoms with Gasteiger partial charge in [-0.15, -0.1) is 0 Å². The zero-order valence-electron chi connectivity index (χ0n) is 16.6. The van der Waals surface area contributed by atoms with Crippen LogP contribution in [-0.2, 0) is 9.47 Å². The van der Waals surface area contributed by atoms with Crippen LogP contribution < -0.4 is 0 Å². The summed E-state index contributed by atoms with van der Waals surface area (Å²) in [6, 6.07) is 0. The quantitative estimate of drug-likeness (QED) is 0.266. The van der Waals surface area contributed by atoms with Crippen molar-refractivity contribution in [3.63, 3.8) is 0 Å². The van der Waals surface area contributed by atoms with E-state index in [1.807, 2.05) is 0 Å². The Morgan fingerprint density at radius 3 is 2.64 bits per heavy atom. The van der Waals surface area contributed by atoms with Gasteiger partial charge >= 0.3 is 0 Å². The van der Waals surface area contributed by atoms with E-state index >= 15 is 0 Å². The Kier molecular flexibility index (Phi) is 8.98. The summed E-state index contributed by atoms with van der Waals surface area (Å²) in [6.07, 6.45) is 22.5. The summed E-state index contributed by atoms with van der Waals surface area (Å²) < 4.78 is 11.9. The molecule has 2 heteroatoms. The van der Waals surface area contributed by atoms with Gasteiger partial charge in [0.25, 0.3) is 0 Å². The second-order valence-corrected chi connectivity index (χ2v) is 8.07. The van der Waals surface area contributed by atoms with E-state index in [-0.39, 0.29) is 5.79 Å². The smallest absolute Gasteiger partial charge is 0.174 e. The van der Waals surface area contributed by atoms with E-state index in [9.17, 15) is 0 Å². The van der Waals surface area contributed by atoms with Crippen LogP contribution in [0.2, 0.25) is 0 Å². The van der Waals surface area contributed by atoms with E-state index in [1.54, 1.807) is 0 Å². The first-order valence-corrected chi connectivity index (χ1v) is 10.4. The van der Waals surface area contributed by atoms with Gasteiger partial charge in [-0.1, -0.05) is 55.7 Å². The number of ether oxygens (including phenoxy) is 2. The SMILES string of the molecule is CC(C)=CCCC(C)CCC/C=C/C=C/C1CCCCC12OCCO2. The molecule has 2 rings (SSSR count). The molecule has 142 valence electrons. The van der Waals surface area contributed by atoms with Crippen LogP contribution in [0.1, 0.15) is 78.6 Å². The van der Waals surface area contributed by atoms with Crippen molar-refractivity contribution in [1.29, 1.82) is 0 Å². The summed E-state index contributed by atoms with van der Waals surface area (Å²) in [5.41, 5.74) is 1.44. The summed E-state index contributed by atoms with van der Waals surface area (Å²) in [5, 5.41) is 0. The largest absolute Gasteiger partial charge is 0.347 e. The van der Waals surface area contributed by atoms with Crippen LogP contribution in [0.25, 0.3) is 0 Å². The second kappa shape index (κ2) is 11.0. The number of unbranched alkanes of at least 4 members (excludes halogenated alkanes) is 1. The fraction of sp³-hybridized carbons (Fsp3) is 0.739. The van der Waals surface area contributed by atoms with E-state index in [0.717, 1.165) is 25.6 Å². The Bertz CT molecular complexity index is 451. The molecule has 0 aromatic carbocycles. The molecule has 25 heavy (non-hydrogen) atoms. The van der Waals surface area contributed by atoms with Gasteiger partial charge < -0.3 is 9.47 Å². The van der Waals surface area contributed by atoms with E-state index in [2.05, 4.69) is 51.2 Å². The predicted molar refractivity (Wildman–Crippen MR) is 107 cm³/mol. The lowest BCUT2D eigenvalue weighted by molar-refractivity contribution is -0.200. The molecule has 2 fully saturated rings. The van der Waals surface area contributed by atoms with Crippen LogP contribution in [-0.4, -0.2) is 19.0 Å². The average Bonchev–Trinajstić information content (AvgIpc) is 3.04. The van der Waals surface area contributed by atoms with E-state index in [0.29, 0.717) is 5.92 Å². The summed E-state index contributed by atoms with van der Waals surface area (Å²) >= 11 is 0. The highest BCUT2D eigenvalue weighted by molar-refractivity contribution is 5.08. The van der Waals surface area contributed by atoms with E-state index in [4.69, 9.17) is 9.47 Å². The van der Waals surface area contributed by atoms with Crippen molar-refractivity contribution >= 4 is 0 Å². The first-order chi connectivity index (χ1) is 12.1. The van der Waals surface area contributed by atoms with Gasteiger partial charge in [-0.3, -0.25) is 0 Å². The normalized spacial score (nSPS) is 24.4. The molecule has 0 amide bonds. The van der Waals surface area contributed by atoms with Crippen molar-refractivity contribution < 1.29 is 9.47 Å². The van der Waals surface area contributed by atoms with Crippen molar-refractivity contribution in [3.8, 4) is 0 Å². The van der Waals surface area contributed by atoms with Gasteiger partial charge in [-0.05, 0) is 58.3 Å². The molecule has 2 unspecified atom stereocenters. The summed E-state index contributed by atoms with van der Waals surface area (Å²) in [4.78, 5) is 0. The molecule has 2 nitrogen and oxygen atoms in total. The lowest BCUT2D eigenvalue weighted by Gasteiger charge is -2.37. The summed E-state index contributed by atoms with van der Waals surface area (Å²) in [7, 11) is 0. The van der Waals surface area contributed by atoms with Crippen LogP contribution >= 0.6 is 0 Å². The van der Waals surface area contributed by atoms with Crippen molar-refractivity contribution in [2.75, 3.05) is 13.2 Å². The highest BCUT2D eigenvalue weighted by atomic mass is 16.7. The molecule has 0 radical (unpaired) electrons. The Morgan fingerprint density at radius 2 is 1.88 bits per heavy atom. The van der Waals surface area contributed by atoms with Crippen LogP contribution in [0.3, 0.4) is 0 Å². The number of rotatable bonds is 9. The van der Waals surface area contributed by atoms with Gasteiger partial charge in [0, 0.05) is 12.3 Å². The molecule has 1 saturated carbocycles. The molecule has 1 heterocycles. The Labute approximate surface area is 155 Å². The molecule has 2 aliphatic rings. The maximum absolute atomic E-state index is 5.96. The third-order valence-corrected chi connectivity index (χ3v) is 5.50. The predicted octanol–water partition coefficient (Wildman–Crippen LogP) is 6.58. The van der Waals surface area contributed by atoms with Gasteiger partial charge in [0.05, 0.1) is 13.2 Å². The van der Waals surface area contributed by atoms with Crippen LogP contribution in [0, 0.1) is 11.8 Å². The van der Waals surface area contributed by atoms with Crippen LogP contribution in [0.15, 0.2) is 36.0 Å². The van der Waals surface area contributed by atoms with Gasteiger partial charge in [0.1, 0.15) is 0 Å². The minimum Gasteiger partial charge on any atom is -0.347 e.